The summed E-state index contributed by atoms with van der Waals surface area (Å²) in [5.41, 5.74) is 0. The van der Waals surface area contributed by atoms with Crippen LogP contribution in [0, 0.1) is 23.7 Å². The average molecular weight is 194 g/mol. The lowest BCUT2D eigenvalue weighted by Crippen LogP contribution is -2.61. The topological polar surface area (TPSA) is 18.5 Å². The highest BCUT2D eigenvalue weighted by molar-refractivity contribution is 5.11. The number of ether oxygens (including phenoxy) is 2. The zero-order chi connectivity index (χ0) is 9.17. The number of hydrogen-bond donors (Lipinski definition) is 0. The van der Waals surface area contributed by atoms with Crippen molar-refractivity contribution in [3.63, 3.8) is 0 Å². The molecule has 1 saturated heterocycles. The van der Waals surface area contributed by atoms with Gasteiger partial charge in [0.15, 0.2) is 5.79 Å². The lowest BCUT2D eigenvalue weighted by atomic mass is 9.59. The first-order valence-electron chi connectivity index (χ1n) is 6.18. The van der Waals surface area contributed by atoms with Crippen LogP contribution in [0.5, 0.6) is 0 Å². The SMILES string of the molecule is C1C[C@@H]2C[C@H]3[C@@H](C2)C2(OCCO2)[C@H]3C1. The third-order valence-corrected chi connectivity index (χ3v) is 5.13. The molecule has 3 saturated carbocycles. The molecule has 1 heterocycles. The summed E-state index contributed by atoms with van der Waals surface area (Å²) < 4.78 is 11.9. The Morgan fingerprint density at radius 2 is 1.79 bits per heavy atom. The van der Waals surface area contributed by atoms with Gasteiger partial charge < -0.3 is 9.47 Å². The molecule has 78 valence electrons. The Labute approximate surface area is 85.0 Å². The monoisotopic (exact) mass is 194 g/mol. The second-order valence-corrected chi connectivity index (χ2v) is 5.56. The van der Waals surface area contributed by atoms with Crippen LogP contribution in [0.25, 0.3) is 0 Å². The van der Waals surface area contributed by atoms with E-state index in [2.05, 4.69) is 0 Å². The summed E-state index contributed by atoms with van der Waals surface area (Å²) >= 11 is 0. The fourth-order valence-corrected chi connectivity index (χ4v) is 4.69. The predicted octanol–water partition coefficient (Wildman–Crippen LogP) is 2.19. The molecule has 1 aliphatic heterocycles. The van der Waals surface area contributed by atoms with Gasteiger partial charge in [-0.15, -0.1) is 0 Å². The minimum absolute atomic E-state index is 0.0835. The molecule has 14 heavy (non-hydrogen) atoms. The average Bonchev–Trinajstić information content (AvgIpc) is 2.69. The Hall–Kier alpha value is -0.0800. The van der Waals surface area contributed by atoms with Crippen LogP contribution < -0.4 is 0 Å². The van der Waals surface area contributed by atoms with Crippen LogP contribution in [0.2, 0.25) is 0 Å². The molecule has 4 aliphatic rings. The Morgan fingerprint density at radius 3 is 2.64 bits per heavy atom. The summed E-state index contributed by atoms with van der Waals surface area (Å²) in [6, 6.07) is 0. The van der Waals surface area contributed by atoms with Crippen molar-refractivity contribution in [2.45, 2.75) is 37.9 Å². The first-order valence-corrected chi connectivity index (χ1v) is 6.18. The van der Waals surface area contributed by atoms with E-state index in [1.807, 2.05) is 0 Å². The van der Waals surface area contributed by atoms with Crippen LogP contribution in [0.3, 0.4) is 0 Å². The van der Waals surface area contributed by atoms with Gasteiger partial charge in [-0.3, -0.25) is 0 Å². The third kappa shape index (κ3) is 0.772. The Balaban J connectivity index is 1.70. The van der Waals surface area contributed by atoms with Gasteiger partial charge in [0.25, 0.3) is 0 Å². The second-order valence-electron chi connectivity index (χ2n) is 5.56. The van der Waals surface area contributed by atoms with E-state index in [0.717, 1.165) is 36.9 Å². The normalized spacial score (nSPS) is 53.1. The molecule has 0 N–H and O–H groups in total. The number of hydrogen-bond acceptors (Lipinski definition) is 2. The van der Waals surface area contributed by atoms with Gasteiger partial charge in [0, 0.05) is 11.8 Å². The summed E-state index contributed by atoms with van der Waals surface area (Å²) in [6.45, 7) is 1.68. The molecular formula is C12H18O2. The molecule has 0 aromatic heterocycles. The smallest absolute Gasteiger partial charge is 0.174 e. The van der Waals surface area contributed by atoms with Gasteiger partial charge >= 0.3 is 0 Å². The summed E-state index contributed by atoms with van der Waals surface area (Å²) in [5, 5.41) is 0. The van der Waals surface area contributed by atoms with Crippen LogP contribution in [0.15, 0.2) is 0 Å². The van der Waals surface area contributed by atoms with Crippen molar-refractivity contribution in [3.8, 4) is 0 Å². The van der Waals surface area contributed by atoms with E-state index in [4.69, 9.17) is 9.47 Å². The molecular weight excluding hydrogens is 176 g/mol. The van der Waals surface area contributed by atoms with E-state index in [1.165, 1.54) is 32.1 Å². The molecule has 4 fully saturated rings. The molecule has 1 spiro atoms. The summed E-state index contributed by atoms with van der Waals surface area (Å²) in [4.78, 5) is 0. The van der Waals surface area contributed by atoms with Gasteiger partial charge in [0.05, 0.1) is 13.2 Å². The number of fused-ring (bicyclic) bond motifs is 3. The maximum absolute atomic E-state index is 5.95. The van der Waals surface area contributed by atoms with Crippen molar-refractivity contribution < 1.29 is 9.47 Å². The van der Waals surface area contributed by atoms with Gasteiger partial charge in [-0.2, -0.15) is 0 Å². The zero-order valence-corrected chi connectivity index (χ0v) is 8.58. The van der Waals surface area contributed by atoms with E-state index in [0.29, 0.717) is 0 Å². The molecule has 0 radical (unpaired) electrons. The molecule has 2 heteroatoms. The fraction of sp³-hybridized carbons (Fsp3) is 1.00. The minimum atomic E-state index is -0.0835. The van der Waals surface area contributed by atoms with Crippen LogP contribution in [0.4, 0.5) is 0 Å². The van der Waals surface area contributed by atoms with Crippen molar-refractivity contribution in [1.82, 2.24) is 0 Å². The van der Waals surface area contributed by atoms with E-state index < -0.39 is 0 Å². The largest absolute Gasteiger partial charge is 0.347 e. The summed E-state index contributed by atoms with van der Waals surface area (Å²) in [5.74, 6) is 3.39. The van der Waals surface area contributed by atoms with Crippen molar-refractivity contribution in [1.29, 1.82) is 0 Å². The summed E-state index contributed by atoms with van der Waals surface area (Å²) in [6.07, 6.45) is 7.11. The molecule has 0 amide bonds. The Morgan fingerprint density at radius 1 is 0.929 bits per heavy atom. The molecule has 2 bridgehead atoms. The highest BCUT2D eigenvalue weighted by Crippen LogP contribution is 2.66. The van der Waals surface area contributed by atoms with Gasteiger partial charge in [-0.1, -0.05) is 12.8 Å². The van der Waals surface area contributed by atoms with Crippen LogP contribution in [0.1, 0.15) is 32.1 Å². The minimum Gasteiger partial charge on any atom is -0.347 e. The number of rotatable bonds is 0. The third-order valence-electron chi connectivity index (χ3n) is 5.13. The van der Waals surface area contributed by atoms with E-state index in [9.17, 15) is 0 Å². The second kappa shape index (κ2) is 2.53. The van der Waals surface area contributed by atoms with Gasteiger partial charge in [0.1, 0.15) is 0 Å². The van der Waals surface area contributed by atoms with Crippen LogP contribution >= 0.6 is 0 Å². The lowest BCUT2D eigenvalue weighted by Gasteiger charge is -2.55. The van der Waals surface area contributed by atoms with Gasteiger partial charge in [0.2, 0.25) is 0 Å². The molecule has 2 nitrogen and oxygen atoms in total. The van der Waals surface area contributed by atoms with Gasteiger partial charge in [-0.25, -0.2) is 0 Å². The molecule has 3 aliphatic carbocycles. The first-order chi connectivity index (χ1) is 6.90. The highest BCUT2D eigenvalue weighted by atomic mass is 16.7. The van der Waals surface area contributed by atoms with Crippen LogP contribution in [-0.4, -0.2) is 19.0 Å². The molecule has 0 aromatic rings. The molecule has 0 aromatic carbocycles. The van der Waals surface area contributed by atoms with Crippen molar-refractivity contribution in [2.75, 3.05) is 13.2 Å². The van der Waals surface area contributed by atoms with Crippen molar-refractivity contribution >= 4 is 0 Å². The van der Waals surface area contributed by atoms with Crippen molar-refractivity contribution in [3.05, 3.63) is 0 Å². The quantitative estimate of drug-likeness (QED) is 0.588. The standard InChI is InChI=1S/C12H18O2/c1-2-8-6-9-10(3-1)12(11(9)7-8)13-4-5-14-12/h8-11H,1-7H2/t8-,9-,10+,11-/m1/s1. The highest BCUT2D eigenvalue weighted by Gasteiger charge is 2.68. The van der Waals surface area contributed by atoms with E-state index in [1.54, 1.807) is 0 Å². The molecule has 0 unspecified atom stereocenters. The van der Waals surface area contributed by atoms with E-state index in [-0.39, 0.29) is 5.79 Å². The summed E-state index contributed by atoms with van der Waals surface area (Å²) in [7, 11) is 0. The maximum atomic E-state index is 5.95. The molecule has 4 rings (SSSR count). The lowest BCUT2D eigenvalue weighted by molar-refractivity contribution is -0.314. The molecule has 4 atom stereocenters. The predicted molar refractivity (Wildman–Crippen MR) is 51.7 cm³/mol. The van der Waals surface area contributed by atoms with Crippen LogP contribution in [-0.2, 0) is 9.47 Å². The van der Waals surface area contributed by atoms with Gasteiger partial charge in [-0.05, 0) is 31.1 Å². The zero-order valence-electron chi connectivity index (χ0n) is 8.58. The Kier molecular flexibility index (Phi) is 1.47. The Bertz CT molecular complexity index is 257. The van der Waals surface area contributed by atoms with E-state index >= 15 is 0 Å². The first kappa shape index (κ1) is 8.12. The fourth-order valence-electron chi connectivity index (χ4n) is 4.69. The maximum Gasteiger partial charge on any atom is 0.174 e. The van der Waals surface area contributed by atoms with Crippen molar-refractivity contribution in [2.24, 2.45) is 23.7 Å².